The number of carbonyl (C=O) groups excluding carboxylic acids is 1. The lowest BCUT2D eigenvalue weighted by Gasteiger charge is -2.14. The minimum atomic E-state index is -0.478. The van der Waals surface area contributed by atoms with Crippen molar-refractivity contribution < 1.29 is 14.3 Å². The van der Waals surface area contributed by atoms with Crippen molar-refractivity contribution in [1.29, 1.82) is 0 Å². The lowest BCUT2D eigenvalue weighted by molar-refractivity contribution is -0.144. The molecule has 0 N–H and O–H groups in total. The SMILES string of the molecule is COc1ccc(C(/C=C/c2c(C)cccc2Cl)OC(C)=O)cc1. The largest absolute Gasteiger partial charge is 0.497 e. The van der Waals surface area contributed by atoms with E-state index in [4.69, 9.17) is 21.1 Å². The quantitative estimate of drug-likeness (QED) is 0.726. The lowest BCUT2D eigenvalue weighted by atomic mass is 10.0. The Labute approximate surface area is 141 Å². The first-order chi connectivity index (χ1) is 11.0. The van der Waals surface area contributed by atoms with E-state index in [1.807, 2.05) is 61.5 Å². The van der Waals surface area contributed by atoms with E-state index in [-0.39, 0.29) is 5.97 Å². The van der Waals surface area contributed by atoms with Crippen molar-refractivity contribution in [2.75, 3.05) is 7.11 Å². The normalized spacial score (nSPS) is 12.2. The van der Waals surface area contributed by atoms with Crippen LogP contribution in [0.2, 0.25) is 5.02 Å². The van der Waals surface area contributed by atoms with Crippen molar-refractivity contribution in [1.82, 2.24) is 0 Å². The van der Waals surface area contributed by atoms with Gasteiger partial charge in [-0.25, -0.2) is 0 Å². The van der Waals surface area contributed by atoms with Crippen LogP contribution in [0.1, 0.15) is 29.7 Å². The van der Waals surface area contributed by atoms with E-state index in [9.17, 15) is 4.79 Å². The molecule has 4 heteroatoms. The fourth-order valence-electron chi connectivity index (χ4n) is 2.23. The summed E-state index contributed by atoms with van der Waals surface area (Å²) in [7, 11) is 1.61. The monoisotopic (exact) mass is 330 g/mol. The highest BCUT2D eigenvalue weighted by atomic mass is 35.5. The molecule has 0 aliphatic rings. The summed E-state index contributed by atoms with van der Waals surface area (Å²) < 4.78 is 10.5. The number of hydrogen-bond donors (Lipinski definition) is 0. The molecule has 1 unspecified atom stereocenters. The molecule has 0 aromatic heterocycles. The Morgan fingerprint density at radius 2 is 1.87 bits per heavy atom. The summed E-state index contributed by atoms with van der Waals surface area (Å²) in [5.41, 5.74) is 2.84. The molecule has 23 heavy (non-hydrogen) atoms. The molecule has 0 saturated carbocycles. The van der Waals surface area contributed by atoms with Gasteiger partial charge in [-0.2, -0.15) is 0 Å². The molecule has 1 atom stereocenters. The number of carbonyl (C=O) groups is 1. The van der Waals surface area contributed by atoms with Gasteiger partial charge in [-0.3, -0.25) is 4.79 Å². The van der Waals surface area contributed by atoms with Gasteiger partial charge in [-0.1, -0.05) is 41.9 Å². The fourth-order valence-corrected chi connectivity index (χ4v) is 2.52. The molecule has 0 aliphatic carbocycles. The summed E-state index contributed by atoms with van der Waals surface area (Å²) in [5, 5.41) is 0.664. The molecule has 0 radical (unpaired) electrons. The van der Waals surface area contributed by atoms with E-state index < -0.39 is 6.10 Å². The molecule has 2 aromatic carbocycles. The van der Waals surface area contributed by atoms with Gasteiger partial charge in [-0.05, 0) is 47.9 Å². The van der Waals surface area contributed by atoms with Gasteiger partial charge >= 0.3 is 5.97 Å². The van der Waals surface area contributed by atoms with Gasteiger partial charge in [0.1, 0.15) is 11.9 Å². The Bertz CT molecular complexity index is 685. The van der Waals surface area contributed by atoms with Crippen LogP contribution < -0.4 is 4.74 Å². The molecule has 0 heterocycles. The molecule has 0 aliphatic heterocycles. The van der Waals surface area contributed by atoms with Crippen LogP contribution in [-0.4, -0.2) is 13.1 Å². The van der Waals surface area contributed by atoms with Crippen LogP contribution in [0.15, 0.2) is 48.5 Å². The number of benzene rings is 2. The average molecular weight is 331 g/mol. The van der Waals surface area contributed by atoms with E-state index in [0.717, 1.165) is 22.4 Å². The van der Waals surface area contributed by atoms with Gasteiger partial charge in [-0.15, -0.1) is 0 Å². The zero-order valence-electron chi connectivity index (χ0n) is 13.4. The third kappa shape index (κ3) is 4.60. The van der Waals surface area contributed by atoms with Crippen LogP contribution in [0.4, 0.5) is 0 Å². The van der Waals surface area contributed by atoms with Gasteiger partial charge in [0.2, 0.25) is 0 Å². The number of methoxy groups -OCH3 is 1. The third-order valence-corrected chi connectivity index (χ3v) is 3.78. The van der Waals surface area contributed by atoms with Crippen LogP contribution >= 0.6 is 11.6 Å². The highest BCUT2D eigenvalue weighted by Gasteiger charge is 2.12. The predicted molar refractivity (Wildman–Crippen MR) is 92.7 cm³/mol. The zero-order valence-corrected chi connectivity index (χ0v) is 14.1. The number of rotatable bonds is 5. The molecule has 3 nitrogen and oxygen atoms in total. The number of halogens is 1. The van der Waals surface area contributed by atoms with E-state index in [0.29, 0.717) is 5.02 Å². The van der Waals surface area contributed by atoms with Crippen LogP contribution in [0.3, 0.4) is 0 Å². The Hall–Kier alpha value is -2.26. The van der Waals surface area contributed by atoms with Crippen molar-refractivity contribution in [2.24, 2.45) is 0 Å². The Morgan fingerprint density at radius 1 is 1.17 bits per heavy atom. The Balaban J connectivity index is 2.31. The summed E-state index contributed by atoms with van der Waals surface area (Å²) in [6.07, 6.45) is 3.24. The molecule has 2 aromatic rings. The number of hydrogen-bond acceptors (Lipinski definition) is 3. The molecular weight excluding hydrogens is 312 g/mol. The second-order valence-corrected chi connectivity index (χ2v) is 5.54. The number of esters is 1. The van der Waals surface area contributed by atoms with Gasteiger partial charge in [0.15, 0.2) is 0 Å². The molecule has 0 amide bonds. The molecule has 0 fully saturated rings. The first kappa shape index (κ1) is 17.1. The topological polar surface area (TPSA) is 35.5 Å². The van der Waals surface area contributed by atoms with E-state index in [1.165, 1.54) is 6.92 Å². The standard InChI is InChI=1S/C19H19ClO3/c1-13-5-4-6-18(20)17(13)11-12-19(23-14(2)21)15-7-9-16(22-3)10-8-15/h4-12,19H,1-3H3/b12-11+. The van der Waals surface area contributed by atoms with Crippen LogP contribution in [-0.2, 0) is 9.53 Å². The van der Waals surface area contributed by atoms with E-state index in [2.05, 4.69) is 0 Å². The molecule has 2 rings (SSSR count). The van der Waals surface area contributed by atoms with Gasteiger partial charge < -0.3 is 9.47 Å². The molecule has 0 spiro atoms. The summed E-state index contributed by atoms with van der Waals surface area (Å²) in [5.74, 6) is 0.410. The third-order valence-electron chi connectivity index (χ3n) is 3.45. The molecular formula is C19H19ClO3. The molecule has 0 saturated heterocycles. The summed E-state index contributed by atoms with van der Waals surface area (Å²) in [4.78, 5) is 11.4. The minimum absolute atomic E-state index is 0.341. The smallest absolute Gasteiger partial charge is 0.303 e. The summed E-state index contributed by atoms with van der Waals surface area (Å²) >= 11 is 6.23. The van der Waals surface area contributed by atoms with Crippen molar-refractivity contribution in [3.63, 3.8) is 0 Å². The summed E-state index contributed by atoms with van der Waals surface area (Å²) in [6, 6.07) is 13.1. The maximum Gasteiger partial charge on any atom is 0.303 e. The first-order valence-electron chi connectivity index (χ1n) is 7.25. The van der Waals surface area contributed by atoms with Crippen LogP contribution in [0.25, 0.3) is 6.08 Å². The number of ether oxygens (including phenoxy) is 2. The highest BCUT2D eigenvalue weighted by Crippen LogP contribution is 2.26. The summed E-state index contributed by atoms with van der Waals surface area (Å²) in [6.45, 7) is 3.38. The van der Waals surface area contributed by atoms with Crippen molar-refractivity contribution in [3.8, 4) is 5.75 Å². The van der Waals surface area contributed by atoms with Crippen LogP contribution in [0, 0.1) is 6.92 Å². The first-order valence-corrected chi connectivity index (χ1v) is 7.63. The van der Waals surface area contributed by atoms with Gasteiger partial charge in [0.05, 0.1) is 7.11 Å². The maximum absolute atomic E-state index is 11.4. The zero-order chi connectivity index (χ0) is 16.8. The molecule has 0 bridgehead atoms. The second-order valence-electron chi connectivity index (χ2n) is 5.13. The fraction of sp³-hybridized carbons (Fsp3) is 0.211. The van der Waals surface area contributed by atoms with Crippen molar-refractivity contribution in [3.05, 3.63) is 70.3 Å². The highest BCUT2D eigenvalue weighted by molar-refractivity contribution is 6.32. The van der Waals surface area contributed by atoms with Gasteiger partial charge in [0, 0.05) is 11.9 Å². The predicted octanol–water partition coefficient (Wildman–Crippen LogP) is 4.97. The van der Waals surface area contributed by atoms with Crippen LogP contribution in [0.5, 0.6) is 5.75 Å². The minimum Gasteiger partial charge on any atom is -0.497 e. The average Bonchev–Trinajstić information content (AvgIpc) is 2.53. The number of aryl methyl sites for hydroxylation is 1. The van der Waals surface area contributed by atoms with Gasteiger partial charge in [0.25, 0.3) is 0 Å². The van der Waals surface area contributed by atoms with Crippen molar-refractivity contribution in [2.45, 2.75) is 20.0 Å². The molecule has 120 valence electrons. The van der Waals surface area contributed by atoms with E-state index in [1.54, 1.807) is 7.11 Å². The second kappa shape index (κ2) is 7.84. The van der Waals surface area contributed by atoms with E-state index >= 15 is 0 Å². The Morgan fingerprint density at radius 3 is 2.43 bits per heavy atom. The Kier molecular flexibility index (Phi) is 5.83. The lowest BCUT2D eigenvalue weighted by Crippen LogP contribution is -2.06. The van der Waals surface area contributed by atoms with Crippen molar-refractivity contribution >= 4 is 23.6 Å². The maximum atomic E-state index is 11.4.